The first-order valence-electron chi connectivity index (χ1n) is 9.14. The van der Waals surface area contributed by atoms with E-state index in [1.165, 1.54) is 0 Å². The van der Waals surface area contributed by atoms with E-state index in [4.69, 9.17) is 19.4 Å². The number of hydrogen-bond acceptors (Lipinski definition) is 6. The zero-order valence-electron chi connectivity index (χ0n) is 15.9. The highest BCUT2D eigenvalue weighted by molar-refractivity contribution is 5.68. The van der Waals surface area contributed by atoms with Gasteiger partial charge in [0, 0.05) is 5.56 Å². The molecule has 1 aliphatic heterocycles. The van der Waals surface area contributed by atoms with E-state index in [2.05, 4.69) is 26.1 Å². The molecule has 6 heteroatoms. The topological polar surface area (TPSA) is 76.5 Å². The van der Waals surface area contributed by atoms with Crippen molar-refractivity contribution >= 4 is 5.82 Å². The van der Waals surface area contributed by atoms with Crippen molar-refractivity contribution in [3.8, 4) is 17.0 Å². The number of ether oxygens (including phenoxy) is 2. The van der Waals surface area contributed by atoms with Gasteiger partial charge in [-0.2, -0.15) is 0 Å². The quantitative estimate of drug-likeness (QED) is 0.828. The van der Waals surface area contributed by atoms with Crippen LogP contribution >= 0.6 is 0 Å². The van der Waals surface area contributed by atoms with Crippen LogP contribution in [0, 0.1) is 6.92 Å². The average molecular weight is 357 g/mol. The molecule has 1 aromatic carbocycles. The first-order chi connectivity index (χ1) is 12.6. The lowest BCUT2D eigenvalue weighted by Gasteiger charge is -2.20. The van der Waals surface area contributed by atoms with Gasteiger partial charge in [-0.05, 0) is 43.5 Å². The van der Waals surface area contributed by atoms with Crippen LogP contribution in [0.15, 0.2) is 18.2 Å². The summed E-state index contributed by atoms with van der Waals surface area (Å²) in [4.78, 5) is 9.78. The number of nitrogens with one attached hydrogen (secondary N) is 1. The molecule has 3 rings (SSSR count). The van der Waals surface area contributed by atoms with Crippen molar-refractivity contribution < 1.29 is 14.6 Å². The number of methoxy groups -OCH3 is 1. The van der Waals surface area contributed by atoms with Crippen LogP contribution in [0.4, 0.5) is 5.82 Å². The summed E-state index contributed by atoms with van der Waals surface area (Å²) < 4.78 is 10.6. The molecule has 0 saturated carbocycles. The second-order valence-corrected chi connectivity index (χ2v) is 6.56. The highest BCUT2D eigenvalue weighted by Crippen LogP contribution is 2.30. The first kappa shape index (κ1) is 18.6. The highest BCUT2D eigenvalue weighted by atomic mass is 16.5. The minimum absolute atomic E-state index is 0.145. The number of hydrogen-bond donors (Lipinski definition) is 2. The zero-order valence-corrected chi connectivity index (χ0v) is 15.9. The van der Waals surface area contributed by atoms with E-state index < -0.39 is 6.10 Å². The second-order valence-electron chi connectivity index (χ2n) is 6.56. The number of nitrogens with zero attached hydrogens (tertiary/aromatic N) is 2. The van der Waals surface area contributed by atoms with Gasteiger partial charge in [0.1, 0.15) is 11.6 Å². The van der Waals surface area contributed by atoms with Crippen LogP contribution in [-0.4, -0.2) is 47.5 Å². The van der Waals surface area contributed by atoms with Crippen LogP contribution in [0.5, 0.6) is 5.75 Å². The van der Waals surface area contributed by atoms with Gasteiger partial charge in [0.15, 0.2) is 0 Å². The number of aromatic nitrogens is 2. The van der Waals surface area contributed by atoms with Crippen molar-refractivity contribution in [1.82, 2.24) is 9.97 Å². The fourth-order valence-electron chi connectivity index (χ4n) is 3.21. The SMILES string of the molecule is CCc1nc(-c2ccc(OC)cc2C)c(CC)nc1N[C@@H]1COC[C@@H]1O. The Balaban J connectivity index is 2.01. The minimum Gasteiger partial charge on any atom is -0.497 e. The maximum Gasteiger partial charge on any atom is 0.148 e. The van der Waals surface area contributed by atoms with E-state index in [-0.39, 0.29) is 6.04 Å². The van der Waals surface area contributed by atoms with Crippen molar-refractivity contribution in [2.75, 3.05) is 25.6 Å². The summed E-state index contributed by atoms with van der Waals surface area (Å²) in [6, 6.07) is 5.86. The van der Waals surface area contributed by atoms with Gasteiger partial charge in [-0.3, -0.25) is 0 Å². The summed E-state index contributed by atoms with van der Waals surface area (Å²) in [7, 11) is 1.67. The lowest BCUT2D eigenvalue weighted by Crippen LogP contribution is -2.33. The van der Waals surface area contributed by atoms with Crippen molar-refractivity contribution in [3.05, 3.63) is 35.2 Å². The predicted molar refractivity (Wildman–Crippen MR) is 102 cm³/mol. The lowest BCUT2D eigenvalue weighted by atomic mass is 10.0. The number of benzene rings is 1. The van der Waals surface area contributed by atoms with Gasteiger partial charge in [-0.25, -0.2) is 9.97 Å². The molecule has 0 spiro atoms. The highest BCUT2D eigenvalue weighted by Gasteiger charge is 2.27. The maximum absolute atomic E-state index is 10.0. The average Bonchev–Trinajstić information content (AvgIpc) is 3.06. The van der Waals surface area contributed by atoms with E-state index in [1.807, 2.05) is 18.2 Å². The number of aliphatic hydroxyl groups excluding tert-OH is 1. The molecule has 0 unspecified atom stereocenters. The fraction of sp³-hybridized carbons (Fsp3) is 0.500. The van der Waals surface area contributed by atoms with Crippen LogP contribution in [0.25, 0.3) is 11.3 Å². The Labute approximate surface area is 154 Å². The molecule has 1 saturated heterocycles. The Morgan fingerprint density at radius 3 is 2.54 bits per heavy atom. The Bertz CT molecular complexity index is 779. The number of aryl methyl sites for hydroxylation is 3. The second kappa shape index (κ2) is 8.01. The van der Waals surface area contributed by atoms with E-state index >= 15 is 0 Å². The molecule has 2 atom stereocenters. The standard InChI is InChI=1S/C20H27N3O3/c1-5-15-19(14-8-7-13(25-4)9-12(14)3)21-16(6-2)20(22-15)23-17-10-26-11-18(17)24/h7-9,17-18,24H,5-6,10-11H2,1-4H3,(H,22,23)/t17-,18+/m1/s1. The van der Waals surface area contributed by atoms with Crippen molar-refractivity contribution in [1.29, 1.82) is 0 Å². The third-order valence-corrected chi connectivity index (χ3v) is 4.77. The largest absolute Gasteiger partial charge is 0.497 e. The minimum atomic E-state index is -0.518. The Morgan fingerprint density at radius 1 is 1.19 bits per heavy atom. The van der Waals surface area contributed by atoms with Crippen molar-refractivity contribution in [3.63, 3.8) is 0 Å². The van der Waals surface area contributed by atoms with Crippen LogP contribution in [0.2, 0.25) is 0 Å². The Hall–Kier alpha value is -2.18. The molecular formula is C20H27N3O3. The molecule has 1 aliphatic rings. The summed E-state index contributed by atoms with van der Waals surface area (Å²) in [6.07, 6.45) is 1.01. The van der Waals surface area contributed by atoms with Gasteiger partial charge in [0.2, 0.25) is 0 Å². The monoisotopic (exact) mass is 357 g/mol. The summed E-state index contributed by atoms with van der Waals surface area (Å²) in [5.74, 6) is 1.58. The van der Waals surface area contributed by atoms with E-state index in [0.717, 1.165) is 52.6 Å². The molecule has 26 heavy (non-hydrogen) atoms. The third-order valence-electron chi connectivity index (χ3n) is 4.77. The van der Waals surface area contributed by atoms with E-state index in [1.54, 1.807) is 7.11 Å². The van der Waals surface area contributed by atoms with Crippen molar-refractivity contribution in [2.45, 2.75) is 45.8 Å². The molecular weight excluding hydrogens is 330 g/mol. The van der Waals surface area contributed by atoms with Crippen LogP contribution in [-0.2, 0) is 17.6 Å². The number of rotatable bonds is 6. The zero-order chi connectivity index (χ0) is 18.7. The van der Waals surface area contributed by atoms with Crippen molar-refractivity contribution in [2.24, 2.45) is 0 Å². The van der Waals surface area contributed by atoms with Gasteiger partial charge in [-0.15, -0.1) is 0 Å². The van der Waals surface area contributed by atoms with Crippen LogP contribution in [0.1, 0.15) is 30.8 Å². The van der Waals surface area contributed by atoms with Gasteiger partial charge < -0.3 is 19.9 Å². The fourth-order valence-corrected chi connectivity index (χ4v) is 3.21. The van der Waals surface area contributed by atoms with E-state index in [9.17, 15) is 5.11 Å². The molecule has 6 nitrogen and oxygen atoms in total. The predicted octanol–water partition coefficient (Wildman–Crippen LogP) is 2.76. The summed E-state index contributed by atoms with van der Waals surface area (Å²) >= 11 is 0. The first-order valence-corrected chi connectivity index (χ1v) is 9.14. The molecule has 2 aromatic rings. The van der Waals surface area contributed by atoms with Crippen LogP contribution < -0.4 is 10.1 Å². The molecule has 0 radical (unpaired) electrons. The van der Waals surface area contributed by atoms with Gasteiger partial charge in [0.05, 0.1) is 49.6 Å². The number of aliphatic hydroxyl groups is 1. The molecule has 0 bridgehead atoms. The van der Waals surface area contributed by atoms with Gasteiger partial charge in [-0.1, -0.05) is 13.8 Å². The smallest absolute Gasteiger partial charge is 0.148 e. The van der Waals surface area contributed by atoms with Gasteiger partial charge in [0.25, 0.3) is 0 Å². The molecule has 2 N–H and O–H groups in total. The molecule has 0 aliphatic carbocycles. The summed E-state index contributed by atoms with van der Waals surface area (Å²) in [5, 5.41) is 13.3. The maximum atomic E-state index is 10.0. The third kappa shape index (κ3) is 3.66. The van der Waals surface area contributed by atoms with Crippen LogP contribution in [0.3, 0.4) is 0 Å². The molecule has 2 heterocycles. The van der Waals surface area contributed by atoms with Gasteiger partial charge >= 0.3 is 0 Å². The van der Waals surface area contributed by atoms with E-state index in [0.29, 0.717) is 13.2 Å². The lowest BCUT2D eigenvalue weighted by molar-refractivity contribution is 0.125. The normalized spacial score (nSPS) is 19.6. The summed E-state index contributed by atoms with van der Waals surface area (Å²) in [6.45, 7) is 7.04. The Morgan fingerprint density at radius 2 is 1.96 bits per heavy atom. The molecule has 1 fully saturated rings. The Kier molecular flexibility index (Phi) is 5.74. The molecule has 140 valence electrons. The summed E-state index contributed by atoms with van der Waals surface area (Å²) in [5.41, 5.74) is 4.92. The molecule has 1 aromatic heterocycles. The molecule has 0 amide bonds. The number of anilines is 1.